The predicted molar refractivity (Wildman–Crippen MR) is 103 cm³/mol. The summed E-state index contributed by atoms with van der Waals surface area (Å²) in [5.41, 5.74) is -0.375. The highest BCUT2D eigenvalue weighted by atomic mass is 32.2. The monoisotopic (exact) mass is 413 g/mol. The van der Waals surface area contributed by atoms with E-state index in [4.69, 9.17) is 4.74 Å². The zero-order valence-corrected chi connectivity index (χ0v) is 17.3. The molecule has 1 aromatic heterocycles. The fraction of sp³-hybridized carbons (Fsp3) is 0.667. The van der Waals surface area contributed by atoms with Crippen molar-refractivity contribution in [3.8, 4) is 0 Å². The molecule has 0 saturated carbocycles. The van der Waals surface area contributed by atoms with E-state index >= 15 is 0 Å². The molecule has 1 unspecified atom stereocenters. The molecule has 1 aliphatic heterocycles. The van der Waals surface area contributed by atoms with E-state index in [1.54, 1.807) is 0 Å². The van der Waals surface area contributed by atoms with Gasteiger partial charge < -0.3 is 9.64 Å². The van der Waals surface area contributed by atoms with Crippen LogP contribution in [0.4, 0.5) is 0 Å². The molecule has 1 aliphatic rings. The SMILES string of the molecule is CCCn1nc(C(=O)OCC(=O)N(CC(C)C)C2CCS(=O)(=O)C2)ccc1=O. The molecule has 156 valence electrons. The molecule has 0 N–H and O–H groups in total. The van der Waals surface area contributed by atoms with Gasteiger partial charge in [0.05, 0.1) is 11.5 Å². The van der Waals surface area contributed by atoms with E-state index in [1.165, 1.54) is 21.7 Å². The van der Waals surface area contributed by atoms with E-state index in [2.05, 4.69) is 5.10 Å². The fourth-order valence-corrected chi connectivity index (χ4v) is 4.81. The third-order valence-electron chi connectivity index (χ3n) is 4.37. The Kier molecular flexibility index (Phi) is 7.34. The summed E-state index contributed by atoms with van der Waals surface area (Å²) in [6.07, 6.45) is 1.07. The Morgan fingerprint density at radius 3 is 2.64 bits per heavy atom. The summed E-state index contributed by atoms with van der Waals surface area (Å²) in [6.45, 7) is 5.99. The summed E-state index contributed by atoms with van der Waals surface area (Å²) in [5.74, 6) is -1.11. The Morgan fingerprint density at radius 2 is 2.07 bits per heavy atom. The number of sulfone groups is 1. The van der Waals surface area contributed by atoms with Crippen molar-refractivity contribution in [1.82, 2.24) is 14.7 Å². The molecule has 2 heterocycles. The minimum atomic E-state index is -3.14. The molecule has 0 radical (unpaired) electrons. The molecule has 9 nitrogen and oxygen atoms in total. The predicted octanol–water partition coefficient (Wildman–Crippen LogP) is 0.482. The summed E-state index contributed by atoms with van der Waals surface area (Å²) in [5, 5.41) is 3.96. The molecular weight excluding hydrogens is 386 g/mol. The van der Waals surface area contributed by atoms with Crippen molar-refractivity contribution in [3.05, 3.63) is 28.2 Å². The van der Waals surface area contributed by atoms with Gasteiger partial charge in [-0.25, -0.2) is 17.9 Å². The molecule has 0 bridgehead atoms. The lowest BCUT2D eigenvalue weighted by Gasteiger charge is -2.29. The van der Waals surface area contributed by atoms with Gasteiger partial charge in [-0.05, 0) is 24.8 Å². The lowest BCUT2D eigenvalue weighted by molar-refractivity contribution is -0.137. The Labute approximate surface area is 164 Å². The Morgan fingerprint density at radius 1 is 1.36 bits per heavy atom. The highest BCUT2D eigenvalue weighted by Gasteiger charge is 2.35. The van der Waals surface area contributed by atoms with Crippen LogP contribution in [0.25, 0.3) is 0 Å². The summed E-state index contributed by atoms with van der Waals surface area (Å²) >= 11 is 0. The highest BCUT2D eigenvalue weighted by Crippen LogP contribution is 2.19. The average Bonchev–Trinajstić information content (AvgIpc) is 2.98. The number of nitrogens with zero attached hydrogens (tertiary/aromatic N) is 3. The second-order valence-corrected chi connectivity index (χ2v) is 9.58. The van der Waals surface area contributed by atoms with Crippen molar-refractivity contribution in [3.63, 3.8) is 0 Å². The van der Waals surface area contributed by atoms with Crippen molar-refractivity contribution in [1.29, 1.82) is 0 Å². The molecule has 1 fully saturated rings. The molecule has 28 heavy (non-hydrogen) atoms. The van der Waals surface area contributed by atoms with Crippen LogP contribution in [0.15, 0.2) is 16.9 Å². The average molecular weight is 413 g/mol. The van der Waals surface area contributed by atoms with Gasteiger partial charge >= 0.3 is 5.97 Å². The maximum Gasteiger partial charge on any atom is 0.359 e. The first kappa shape index (κ1) is 22.1. The smallest absolute Gasteiger partial charge is 0.359 e. The molecule has 0 aromatic carbocycles. The van der Waals surface area contributed by atoms with Gasteiger partial charge in [0.25, 0.3) is 11.5 Å². The quantitative estimate of drug-likeness (QED) is 0.569. The molecule has 1 aromatic rings. The van der Waals surface area contributed by atoms with Crippen LogP contribution in [0, 0.1) is 5.92 Å². The van der Waals surface area contributed by atoms with Gasteiger partial charge in [0.15, 0.2) is 22.1 Å². The van der Waals surface area contributed by atoms with E-state index in [0.29, 0.717) is 25.9 Å². The zero-order valence-electron chi connectivity index (χ0n) is 16.5. The summed E-state index contributed by atoms with van der Waals surface area (Å²) < 4.78 is 29.8. The minimum absolute atomic E-state index is 0.0558. The van der Waals surface area contributed by atoms with Gasteiger partial charge in [0, 0.05) is 25.2 Å². The highest BCUT2D eigenvalue weighted by molar-refractivity contribution is 7.91. The normalized spacial score (nSPS) is 18.2. The van der Waals surface area contributed by atoms with Gasteiger partial charge in [-0.15, -0.1) is 0 Å². The van der Waals surface area contributed by atoms with Crippen molar-refractivity contribution < 1.29 is 22.7 Å². The molecule has 0 spiro atoms. The van der Waals surface area contributed by atoms with E-state index in [0.717, 1.165) is 0 Å². The number of ether oxygens (including phenoxy) is 1. The van der Waals surface area contributed by atoms with Crippen molar-refractivity contribution >= 4 is 21.7 Å². The van der Waals surface area contributed by atoms with E-state index < -0.39 is 34.4 Å². The molecule has 1 atom stereocenters. The van der Waals surface area contributed by atoms with Gasteiger partial charge in [-0.3, -0.25) is 9.59 Å². The van der Waals surface area contributed by atoms with Gasteiger partial charge in [0.2, 0.25) is 0 Å². The first-order valence-electron chi connectivity index (χ1n) is 9.38. The fourth-order valence-electron chi connectivity index (χ4n) is 3.08. The lowest BCUT2D eigenvalue weighted by atomic mass is 10.1. The number of amides is 1. The van der Waals surface area contributed by atoms with Crippen molar-refractivity contribution in [2.75, 3.05) is 24.7 Å². The summed E-state index contributed by atoms with van der Waals surface area (Å²) in [7, 11) is -3.14. The topological polar surface area (TPSA) is 116 Å². The number of carbonyl (C=O) groups is 2. The van der Waals surface area contributed by atoms with Crippen LogP contribution >= 0.6 is 0 Å². The second-order valence-electron chi connectivity index (χ2n) is 7.35. The number of hydrogen-bond donors (Lipinski definition) is 0. The minimum Gasteiger partial charge on any atom is -0.451 e. The number of esters is 1. The van der Waals surface area contributed by atoms with Gasteiger partial charge in [-0.2, -0.15) is 5.10 Å². The Hall–Kier alpha value is -2.23. The molecule has 2 rings (SSSR count). The maximum absolute atomic E-state index is 12.6. The van der Waals surface area contributed by atoms with Gasteiger partial charge in [0.1, 0.15) is 0 Å². The summed E-state index contributed by atoms with van der Waals surface area (Å²) in [6, 6.07) is 2.09. The van der Waals surface area contributed by atoms with Crippen LogP contribution in [0.5, 0.6) is 0 Å². The largest absolute Gasteiger partial charge is 0.451 e. The van der Waals surface area contributed by atoms with Crippen LogP contribution in [-0.4, -0.2) is 65.7 Å². The molecule has 10 heteroatoms. The number of aromatic nitrogens is 2. The first-order chi connectivity index (χ1) is 13.1. The number of carbonyl (C=O) groups excluding carboxylic acids is 2. The maximum atomic E-state index is 12.6. The number of aryl methyl sites for hydroxylation is 1. The third-order valence-corrected chi connectivity index (χ3v) is 6.12. The van der Waals surface area contributed by atoms with Crippen LogP contribution < -0.4 is 5.56 Å². The van der Waals surface area contributed by atoms with Crippen LogP contribution in [0.2, 0.25) is 0 Å². The zero-order chi connectivity index (χ0) is 20.9. The van der Waals surface area contributed by atoms with Crippen LogP contribution in [0.1, 0.15) is 44.1 Å². The third kappa shape index (κ3) is 5.88. The first-order valence-corrected chi connectivity index (χ1v) is 11.2. The Bertz CT molecular complexity index is 878. The number of rotatable bonds is 8. The van der Waals surface area contributed by atoms with Crippen LogP contribution in [0.3, 0.4) is 0 Å². The lowest BCUT2D eigenvalue weighted by Crippen LogP contribution is -2.45. The van der Waals surface area contributed by atoms with E-state index in [1.807, 2.05) is 20.8 Å². The van der Waals surface area contributed by atoms with Gasteiger partial charge in [-0.1, -0.05) is 20.8 Å². The summed E-state index contributed by atoms with van der Waals surface area (Å²) in [4.78, 5) is 38.0. The molecule has 1 saturated heterocycles. The van der Waals surface area contributed by atoms with E-state index in [-0.39, 0.29) is 28.7 Å². The van der Waals surface area contributed by atoms with Crippen molar-refractivity contribution in [2.45, 2.75) is 46.2 Å². The van der Waals surface area contributed by atoms with Crippen LogP contribution in [-0.2, 0) is 25.9 Å². The van der Waals surface area contributed by atoms with Crippen molar-refractivity contribution in [2.24, 2.45) is 5.92 Å². The number of hydrogen-bond acceptors (Lipinski definition) is 7. The standard InChI is InChI=1S/C18H27N3O6S/c1-4-8-21-16(22)6-5-15(19-21)18(24)27-11-17(23)20(10-13(2)3)14-7-9-28(25,26)12-14/h5-6,13-14H,4,7-12H2,1-3H3. The molecule has 1 amide bonds. The Balaban J connectivity index is 2.04. The molecular formula is C18H27N3O6S. The second kappa shape index (κ2) is 9.31. The molecule has 0 aliphatic carbocycles. The van der Waals surface area contributed by atoms with E-state index in [9.17, 15) is 22.8 Å².